The lowest BCUT2D eigenvalue weighted by Crippen LogP contribution is -2.30. The van der Waals surface area contributed by atoms with Crippen LogP contribution in [0, 0.1) is 0 Å². The van der Waals surface area contributed by atoms with Crippen LogP contribution in [0.25, 0.3) is 0 Å². The van der Waals surface area contributed by atoms with Gasteiger partial charge in [0.15, 0.2) is 5.01 Å². The lowest BCUT2D eigenvalue weighted by atomic mass is 9.98. The van der Waals surface area contributed by atoms with Crippen molar-refractivity contribution in [3.05, 3.63) is 5.01 Å². The van der Waals surface area contributed by atoms with Gasteiger partial charge < -0.3 is 10.4 Å². The van der Waals surface area contributed by atoms with E-state index in [9.17, 15) is 18.7 Å². The maximum atomic E-state index is 12.3. The number of amides is 1. The number of carbonyl (C=O) groups is 1. The van der Waals surface area contributed by atoms with E-state index in [2.05, 4.69) is 15.5 Å². The largest absolute Gasteiger partial charge is 0.389 e. The van der Waals surface area contributed by atoms with Crippen molar-refractivity contribution in [1.82, 2.24) is 10.2 Å². The van der Waals surface area contributed by atoms with E-state index in [1.807, 2.05) is 0 Å². The Labute approximate surface area is 106 Å². The summed E-state index contributed by atoms with van der Waals surface area (Å²) in [5.41, 5.74) is -0.958. The van der Waals surface area contributed by atoms with E-state index in [1.165, 1.54) is 0 Å². The molecule has 0 radical (unpaired) electrons. The number of alkyl halides is 2. The lowest BCUT2D eigenvalue weighted by molar-refractivity contribution is -0.120. The van der Waals surface area contributed by atoms with Crippen LogP contribution in [-0.2, 0) is 4.79 Å². The van der Waals surface area contributed by atoms with Crippen molar-refractivity contribution in [3.8, 4) is 0 Å². The molecule has 8 heteroatoms. The summed E-state index contributed by atoms with van der Waals surface area (Å²) >= 11 is 0.640. The van der Waals surface area contributed by atoms with Gasteiger partial charge in [-0.15, -0.1) is 10.2 Å². The van der Waals surface area contributed by atoms with Gasteiger partial charge in [0.25, 0.3) is 6.43 Å². The summed E-state index contributed by atoms with van der Waals surface area (Å²) in [5, 5.41) is 18.7. The molecule has 1 fully saturated rings. The Hall–Kier alpha value is -1.15. The molecule has 18 heavy (non-hydrogen) atoms. The summed E-state index contributed by atoms with van der Waals surface area (Å²) in [6, 6.07) is 0. The predicted octanol–water partition coefficient (Wildman–Crippen LogP) is 2.11. The Morgan fingerprint density at radius 3 is 2.67 bits per heavy atom. The third kappa shape index (κ3) is 3.20. The van der Waals surface area contributed by atoms with Gasteiger partial charge in [-0.2, -0.15) is 0 Å². The predicted molar refractivity (Wildman–Crippen MR) is 61.5 cm³/mol. The van der Waals surface area contributed by atoms with E-state index in [0.29, 0.717) is 24.2 Å². The number of rotatable bonds is 4. The molecule has 0 aliphatic heterocycles. The summed E-state index contributed by atoms with van der Waals surface area (Å²) in [7, 11) is 0. The molecule has 1 aromatic rings. The molecule has 1 heterocycles. The molecule has 2 N–H and O–H groups in total. The van der Waals surface area contributed by atoms with E-state index in [4.69, 9.17) is 0 Å². The van der Waals surface area contributed by atoms with Gasteiger partial charge in [-0.25, -0.2) is 8.78 Å². The molecule has 1 saturated carbocycles. The number of aromatic nitrogens is 2. The highest BCUT2D eigenvalue weighted by molar-refractivity contribution is 7.15. The fraction of sp³-hybridized carbons (Fsp3) is 0.700. The van der Waals surface area contributed by atoms with Gasteiger partial charge in [-0.3, -0.25) is 4.79 Å². The van der Waals surface area contributed by atoms with Crippen LogP contribution in [0.4, 0.5) is 13.9 Å². The molecule has 0 aromatic carbocycles. The quantitative estimate of drug-likeness (QED) is 0.883. The standard InChI is InChI=1S/C10H13F2N3O2S/c11-7(12)8-14-15-9(18-8)13-6(16)5-10(17)3-1-2-4-10/h7,17H,1-5H2,(H,13,15,16). The van der Waals surface area contributed by atoms with Crippen molar-refractivity contribution in [2.45, 2.75) is 44.1 Å². The normalized spacial score (nSPS) is 18.2. The second kappa shape index (κ2) is 5.23. The number of hydrogen-bond acceptors (Lipinski definition) is 5. The van der Waals surface area contributed by atoms with Crippen LogP contribution in [0.1, 0.15) is 43.5 Å². The smallest absolute Gasteiger partial charge is 0.291 e. The third-order valence-electron chi connectivity index (χ3n) is 2.90. The molecular weight excluding hydrogens is 264 g/mol. The van der Waals surface area contributed by atoms with Crippen LogP contribution in [0.3, 0.4) is 0 Å². The van der Waals surface area contributed by atoms with E-state index >= 15 is 0 Å². The van der Waals surface area contributed by atoms with Crippen molar-refractivity contribution in [1.29, 1.82) is 0 Å². The molecule has 1 amide bonds. The number of hydrogen-bond donors (Lipinski definition) is 2. The number of halogens is 2. The zero-order valence-electron chi connectivity index (χ0n) is 9.53. The fourth-order valence-corrected chi connectivity index (χ4v) is 2.66. The molecule has 5 nitrogen and oxygen atoms in total. The Bertz CT molecular complexity index is 433. The second-order valence-electron chi connectivity index (χ2n) is 4.40. The minimum atomic E-state index is -2.69. The summed E-state index contributed by atoms with van der Waals surface area (Å²) < 4.78 is 24.5. The van der Waals surface area contributed by atoms with Crippen LogP contribution in [0.2, 0.25) is 0 Å². The summed E-state index contributed by atoms with van der Waals surface area (Å²) in [6.07, 6.45) is 0.275. The van der Waals surface area contributed by atoms with Crippen LogP contribution in [0.15, 0.2) is 0 Å². The maximum absolute atomic E-state index is 12.3. The monoisotopic (exact) mass is 277 g/mol. The van der Waals surface area contributed by atoms with E-state index in [0.717, 1.165) is 12.8 Å². The first-order chi connectivity index (χ1) is 8.48. The average molecular weight is 277 g/mol. The number of aliphatic hydroxyl groups is 1. The van der Waals surface area contributed by atoms with Gasteiger partial charge in [0, 0.05) is 0 Å². The van der Waals surface area contributed by atoms with Gasteiger partial charge in [-0.05, 0) is 12.8 Å². The molecule has 1 aromatic heterocycles. The molecule has 0 atom stereocenters. The van der Waals surface area contributed by atoms with Crippen LogP contribution >= 0.6 is 11.3 Å². The third-order valence-corrected chi connectivity index (χ3v) is 3.74. The van der Waals surface area contributed by atoms with Crippen LogP contribution < -0.4 is 5.32 Å². The van der Waals surface area contributed by atoms with Gasteiger partial charge in [0.05, 0.1) is 12.0 Å². The average Bonchev–Trinajstić information content (AvgIpc) is 2.87. The van der Waals surface area contributed by atoms with Crippen LogP contribution in [-0.4, -0.2) is 26.8 Å². The van der Waals surface area contributed by atoms with E-state index in [-0.39, 0.29) is 11.6 Å². The molecular formula is C10H13F2N3O2S. The van der Waals surface area contributed by atoms with Crippen LogP contribution in [0.5, 0.6) is 0 Å². The molecule has 0 bridgehead atoms. The zero-order valence-corrected chi connectivity index (χ0v) is 10.3. The van der Waals surface area contributed by atoms with Crippen molar-refractivity contribution in [2.75, 3.05) is 5.32 Å². The minimum absolute atomic E-state index is 0.0312. The maximum Gasteiger partial charge on any atom is 0.291 e. The van der Waals surface area contributed by atoms with E-state index < -0.39 is 22.9 Å². The molecule has 0 unspecified atom stereocenters. The van der Waals surface area contributed by atoms with Gasteiger partial charge in [0.1, 0.15) is 0 Å². The fourth-order valence-electron chi connectivity index (χ4n) is 2.05. The van der Waals surface area contributed by atoms with Gasteiger partial charge in [0.2, 0.25) is 11.0 Å². The van der Waals surface area contributed by atoms with Gasteiger partial charge in [-0.1, -0.05) is 24.2 Å². The Morgan fingerprint density at radius 1 is 1.44 bits per heavy atom. The lowest BCUT2D eigenvalue weighted by Gasteiger charge is -2.20. The second-order valence-corrected chi connectivity index (χ2v) is 5.41. The molecule has 2 rings (SSSR count). The first kappa shape index (κ1) is 13.3. The highest BCUT2D eigenvalue weighted by atomic mass is 32.1. The molecule has 0 spiro atoms. The van der Waals surface area contributed by atoms with Crippen molar-refractivity contribution >= 4 is 22.4 Å². The number of nitrogens with zero attached hydrogens (tertiary/aromatic N) is 2. The first-order valence-corrected chi connectivity index (χ1v) is 6.44. The summed E-state index contributed by atoms with van der Waals surface area (Å²) in [5.74, 6) is -0.420. The Balaban J connectivity index is 1.90. The first-order valence-electron chi connectivity index (χ1n) is 5.62. The Kier molecular flexibility index (Phi) is 3.86. The van der Waals surface area contributed by atoms with Crippen molar-refractivity contribution < 1.29 is 18.7 Å². The van der Waals surface area contributed by atoms with E-state index in [1.54, 1.807) is 0 Å². The SMILES string of the molecule is O=C(CC1(O)CCCC1)Nc1nnc(C(F)F)s1. The summed E-state index contributed by atoms with van der Waals surface area (Å²) in [4.78, 5) is 11.6. The number of carbonyl (C=O) groups excluding carboxylic acids is 1. The Morgan fingerprint density at radius 2 is 2.11 bits per heavy atom. The highest BCUT2D eigenvalue weighted by Crippen LogP contribution is 2.33. The molecule has 100 valence electrons. The summed E-state index contributed by atoms with van der Waals surface area (Å²) in [6.45, 7) is 0. The highest BCUT2D eigenvalue weighted by Gasteiger charge is 2.33. The molecule has 1 aliphatic rings. The van der Waals surface area contributed by atoms with Gasteiger partial charge >= 0.3 is 0 Å². The number of anilines is 1. The zero-order chi connectivity index (χ0) is 13.2. The number of nitrogens with one attached hydrogen (secondary N) is 1. The van der Waals surface area contributed by atoms with Crippen molar-refractivity contribution in [3.63, 3.8) is 0 Å². The minimum Gasteiger partial charge on any atom is -0.389 e. The molecule has 0 saturated heterocycles. The topological polar surface area (TPSA) is 75.1 Å². The van der Waals surface area contributed by atoms with Crippen molar-refractivity contribution in [2.24, 2.45) is 0 Å². The molecule has 1 aliphatic carbocycles.